The molecular formula is C30H54O4. The fraction of sp³-hybridized carbons (Fsp3) is 0.867. The van der Waals surface area contributed by atoms with Gasteiger partial charge in [0, 0.05) is 0 Å². The number of hydrogen-bond donors (Lipinski definition) is 2. The first kappa shape index (κ1) is 30.7. The van der Waals surface area contributed by atoms with Gasteiger partial charge in [-0.25, -0.2) is 0 Å². The van der Waals surface area contributed by atoms with Crippen molar-refractivity contribution in [3.8, 4) is 0 Å². The molecule has 2 N–H and O–H groups in total. The van der Waals surface area contributed by atoms with Crippen LogP contribution in [0.4, 0.5) is 0 Å². The predicted molar refractivity (Wildman–Crippen MR) is 142 cm³/mol. The van der Waals surface area contributed by atoms with Crippen molar-refractivity contribution in [3.05, 3.63) is 12.2 Å². The van der Waals surface area contributed by atoms with Crippen molar-refractivity contribution in [1.29, 1.82) is 0 Å². The molecule has 0 bridgehead atoms. The lowest BCUT2D eigenvalue weighted by molar-refractivity contribution is -0.182. The molecule has 0 aromatic rings. The van der Waals surface area contributed by atoms with Crippen molar-refractivity contribution < 1.29 is 19.8 Å². The zero-order valence-corrected chi connectivity index (χ0v) is 22.7. The molecule has 0 aromatic carbocycles. The van der Waals surface area contributed by atoms with E-state index in [1.165, 1.54) is 70.6 Å². The third kappa shape index (κ3) is 8.72. The average Bonchev–Trinajstić information content (AvgIpc) is 2.80. The molecule has 3 unspecified atom stereocenters. The van der Waals surface area contributed by atoms with Crippen LogP contribution in [0.1, 0.15) is 143 Å². The van der Waals surface area contributed by atoms with Crippen LogP contribution in [0.15, 0.2) is 12.2 Å². The Morgan fingerprint density at radius 1 is 0.706 bits per heavy atom. The van der Waals surface area contributed by atoms with Crippen LogP contribution < -0.4 is 0 Å². The van der Waals surface area contributed by atoms with E-state index in [1.54, 1.807) is 0 Å². The van der Waals surface area contributed by atoms with Gasteiger partial charge in [-0.05, 0) is 31.1 Å². The minimum Gasteiger partial charge on any atom is -0.481 e. The first-order valence-corrected chi connectivity index (χ1v) is 14.4. The van der Waals surface area contributed by atoms with Crippen molar-refractivity contribution in [3.63, 3.8) is 0 Å². The molecule has 0 aliphatic heterocycles. The first-order valence-electron chi connectivity index (χ1n) is 14.4. The molecule has 4 nitrogen and oxygen atoms in total. The van der Waals surface area contributed by atoms with Gasteiger partial charge in [0.05, 0.1) is 10.8 Å². The molecule has 0 amide bonds. The second-order valence-corrected chi connectivity index (χ2v) is 11.4. The van der Waals surface area contributed by atoms with Crippen molar-refractivity contribution in [1.82, 2.24) is 0 Å². The quantitative estimate of drug-likeness (QED) is 0.135. The summed E-state index contributed by atoms with van der Waals surface area (Å²) in [5.74, 6) is -1.21. The van der Waals surface area contributed by atoms with Crippen LogP contribution in [0.3, 0.4) is 0 Å². The standard InChI is InChI=1S/C30H54O4/c1-5-26(4)30(28(33)34)24-20-19-23-29(30,27(31)32)22-18-16-14-12-10-8-6-7-9-11-13-15-17-21-25(2)3/h19-20,25-26H,5-18,21-24H2,1-4H3,(H,31,32)(H,33,34). The van der Waals surface area contributed by atoms with E-state index in [0.29, 0.717) is 25.7 Å². The summed E-state index contributed by atoms with van der Waals surface area (Å²) in [6.07, 6.45) is 23.2. The lowest BCUT2D eigenvalue weighted by atomic mass is 9.50. The molecule has 0 aromatic heterocycles. The Morgan fingerprint density at radius 3 is 1.56 bits per heavy atom. The van der Waals surface area contributed by atoms with Gasteiger partial charge in [-0.3, -0.25) is 9.59 Å². The fourth-order valence-corrected chi connectivity index (χ4v) is 6.09. The monoisotopic (exact) mass is 478 g/mol. The lowest BCUT2D eigenvalue weighted by Crippen LogP contribution is -2.56. The summed E-state index contributed by atoms with van der Waals surface area (Å²) in [7, 11) is 0. The van der Waals surface area contributed by atoms with Gasteiger partial charge >= 0.3 is 11.9 Å². The normalized spacial score (nSPS) is 23.3. The Balaban J connectivity index is 2.29. The second kappa shape index (κ2) is 16.4. The maximum absolute atomic E-state index is 12.5. The Bertz CT molecular complexity index is 611. The minimum atomic E-state index is -1.21. The molecular weight excluding hydrogens is 424 g/mol. The fourth-order valence-electron chi connectivity index (χ4n) is 6.09. The van der Waals surface area contributed by atoms with Gasteiger partial charge in [0.1, 0.15) is 0 Å². The molecule has 0 saturated carbocycles. The molecule has 3 atom stereocenters. The molecule has 198 valence electrons. The molecule has 0 heterocycles. The summed E-state index contributed by atoms with van der Waals surface area (Å²) >= 11 is 0. The average molecular weight is 479 g/mol. The van der Waals surface area contributed by atoms with E-state index in [4.69, 9.17) is 0 Å². The van der Waals surface area contributed by atoms with Gasteiger partial charge in [-0.15, -0.1) is 0 Å². The van der Waals surface area contributed by atoms with Crippen LogP contribution in [0.5, 0.6) is 0 Å². The highest BCUT2D eigenvalue weighted by Crippen LogP contribution is 2.57. The SMILES string of the molecule is CCC(C)C1(C(=O)O)CC=CCC1(CCCCCCCCCCCCCCCC(C)C)C(=O)O. The van der Waals surface area contributed by atoms with Gasteiger partial charge < -0.3 is 10.2 Å². The smallest absolute Gasteiger partial charge is 0.311 e. The highest BCUT2D eigenvalue weighted by atomic mass is 16.4. The van der Waals surface area contributed by atoms with Crippen molar-refractivity contribution >= 4 is 11.9 Å². The third-order valence-electron chi connectivity index (χ3n) is 8.56. The van der Waals surface area contributed by atoms with E-state index in [1.807, 2.05) is 26.0 Å². The molecule has 0 fully saturated rings. The summed E-state index contributed by atoms with van der Waals surface area (Å²) in [6, 6.07) is 0. The highest BCUT2D eigenvalue weighted by molar-refractivity contribution is 5.87. The first-order chi connectivity index (χ1) is 16.2. The van der Waals surface area contributed by atoms with Crippen LogP contribution in [0.2, 0.25) is 0 Å². The van der Waals surface area contributed by atoms with Crippen LogP contribution in [-0.4, -0.2) is 22.2 Å². The van der Waals surface area contributed by atoms with Gasteiger partial charge in [0.25, 0.3) is 0 Å². The van der Waals surface area contributed by atoms with Crippen LogP contribution in [0.25, 0.3) is 0 Å². The molecule has 1 aliphatic carbocycles. The van der Waals surface area contributed by atoms with E-state index in [-0.39, 0.29) is 5.92 Å². The maximum atomic E-state index is 12.5. The number of rotatable bonds is 20. The number of unbranched alkanes of at least 4 members (excludes halogenated alkanes) is 12. The van der Waals surface area contributed by atoms with Gasteiger partial charge in [0.15, 0.2) is 0 Å². The summed E-state index contributed by atoms with van der Waals surface area (Å²) in [5, 5.41) is 20.5. The number of carboxylic acids is 2. The molecule has 4 heteroatoms. The number of hydrogen-bond acceptors (Lipinski definition) is 2. The third-order valence-corrected chi connectivity index (χ3v) is 8.56. The topological polar surface area (TPSA) is 74.6 Å². The number of carbonyl (C=O) groups is 2. The highest BCUT2D eigenvalue weighted by Gasteiger charge is 2.62. The Kier molecular flexibility index (Phi) is 14.8. The zero-order chi connectivity index (χ0) is 25.5. The van der Waals surface area contributed by atoms with Crippen LogP contribution in [-0.2, 0) is 9.59 Å². The lowest BCUT2D eigenvalue weighted by Gasteiger charge is -2.50. The molecule has 34 heavy (non-hydrogen) atoms. The van der Waals surface area contributed by atoms with E-state index in [2.05, 4.69) is 13.8 Å². The summed E-state index contributed by atoms with van der Waals surface area (Å²) in [6.45, 7) is 8.49. The number of allylic oxidation sites excluding steroid dienone is 2. The Morgan fingerprint density at radius 2 is 1.15 bits per heavy atom. The van der Waals surface area contributed by atoms with Crippen molar-refractivity contribution in [2.75, 3.05) is 0 Å². The van der Waals surface area contributed by atoms with Crippen LogP contribution >= 0.6 is 0 Å². The molecule has 0 radical (unpaired) electrons. The Labute approximate surface area is 210 Å². The van der Waals surface area contributed by atoms with Gasteiger partial charge in [-0.1, -0.05) is 136 Å². The Hall–Kier alpha value is -1.32. The van der Waals surface area contributed by atoms with E-state index < -0.39 is 22.8 Å². The van der Waals surface area contributed by atoms with Gasteiger partial charge in [-0.2, -0.15) is 0 Å². The molecule has 0 saturated heterocycles. The predicted octanol–water partition coefficient (Wildman–Crippen LogP) is 9.03. The van der Waals surface area contributed by atoms with Crippen molar-refractivity contribution in [2.24, 2.45) is 22.7 Å². The van der Waals surface area contributed by atoms with Gasteiger partial charge in [0.2, 0.25) is 0 Å². The second-order valence-electron chi connectivity index (χ2n) is 11.4. The number of aliphatic carboxylic acids is 2. The molecule has 1 rings (SSSR count). The largest absolute Gasteiger partial charge is 0.481 e. The van der Waals surface area contributed by atoms with Crippen molar-refractivity contribution in [2.45, 2.75) is 143 Å². The minimum absolute atomic E-state index is 0.175. The summed E-state index contributed by atoms with van der Waals surface area (Å²) in [5.41, 5.74) is -2.41. The van der Waals surface area contributed by atoms with E-state index >= 15 is 0 Å². The van der Waals surface area contributed by atoms with E-state index in [9.17, 15) is 19.8 Å². The maximum Gasteiger partial charge on any atom is 0.311 e. The molecule has 1 aliphatic rings. The summed E-state index contributed by atoms with van der Waals surface area (Å²) < 4.78 is 0. The van der Waals surface area contributed by atoms with Crippen LogP contribution in [0, 0.1) is 22.7 Å². The molecule has 0 spiro atoms. The van der Waals surface area contributed by atoms with E-state index in [0.717, 1.165) is 25.2 Å². The zero-order valence-electron chi connectivity index (χ0n) is 22.7. The number of carboxylic acid groups (broad SMARTS) is 2. The summed E-state index contributed by atoms with van der Waals surface area (Å²) in [4.78, 5) is 25.0.